The van der Waals surface area contributed by atoms with Crippen molar-refractivity contribution in [1.29, 1.82) is 0 Å². The highest BCUT2D eigenvalue weighted by Gasteiger charge is 2.28. The monoisotopic (exact) mass is 247 g/mol. The third-order valence-electron chi connectivity index (χ3n) is 2.96. The number of methoxy groups -OCH3 is 1. The number of unbranched alkanes of at least 4 members (excludes halogenated alkanes) is 1. The minimum absolute atomic E-state index is 0.137. The SMILES string of the molecule is CCCCC(C(=O)OC)N1CCS(=O)CC1. The van der Waals surface area contributed by atoms with E-state index in [-0.39, 0.29) is 12.0 Å². The van der Waals surface area contributed by atoms with Crippen LogP contribution >= 0.6 is 0 Å². The van der Waals surface area contributed by atoms with Crippen LogP contribution in [0.1, 0.15) is 26.2 Å². The fourth-order valence-corrected chi connectivity index (χ4v) is 3.03. The van der Waals surface area contributed by atoms with E-state index >= 15 is 0 Å². The topological polar surface area (TPSA) is 46.6 Å². The first-order chi connectivity index (χ1) is 7.69. The van der Waals surface area contributed by atoms with Crippen molar-refractivity contribution >= 4 is 16.8 Å². The van der Waals surface area contributed by atoms with Crippen LogP contribution in [-0.2, 0) is 20.3 Å². The van der Waals surface area contributed by atoms with Gasteiger partial charge in [-0.1, -0.05) is 19.8 Å². The molecule has 0 bridgehead atoms. The van der Waals surface area contributed by atoms with Gasteiger partial charge in [0, 0.05) is 35.4 Å². The van der Waals surface area contributed by atoms with Crippen LogP contribution in [-0.4, -0.2) is 52.8 Å². The Morgan fingerprint density at radius 1 is 1.44 bits per heavy atom. The van der Waals surface area contributed by atoms with E-state index in [9.17, 15) is 9.00 Å². The molecule has 4 nitrogen and oxygen atoms in total. The molecule has 1 unspecified atom stereocenters. The predicted molar refractivity (Wildman–Crippen MR) is 64.8 cm³/mol. The standard InChI is InChI=1S/C11H21NO3S/c1-3-4-5-10(11(13)15-2)12-6-8-16(14)9-7-12/h10H,3-9H2,1-2H3. The summed E-state index contributed by atoms with van der Waals surface area (Å²) in [4.78, 5) is 13.8. The van der Waals surface area contributed by atoms with Gasteiger partial charge < -0.3 is 4.74 Å². The van der Waals surface area contributed by atoms with Gasteiger partial charge >= 0.3 is 5.97 Å². The molecule has 0 saturated carbocycles. The van der Waals surface area contributed by atoms with Gasteiger partial charge in [-0.2, -0.15) is 0 Å². The zero-order valence-electron chi connectivity index (χ0n) is 10.1. The molecule has 0 aromatic heterocycles. The predicted octanol–water partition coefficient (Wildman–Crippen LogP) is 0.782. The van der Waals surface area contributed by atoms with Gasteiger partial charge in [-0.15, -0.1) is 0 Å². The van der Waals surface area contributed by atoms with Crippen LogP contribution in [0.3, 0.4) is 0 Å². The van der Waals surface area contributed by atoms with Crippen LogP contribution in [0.2, 0.25) is 0 Å². The largest absolute Gasteiger partial charge is 0.468 e. The van der Waals surface area contributed by atoms with Crippen molar-refractivity contribution in [3.63, 3.8) is 0 Å². The van der Waals surface area contributed by atoms with E-state index in [0.717, 1.165) is 32.4 Å². The number of rotatable bonds is 5. The summed E-state index contributed by atoms with van der Waals surface area (Å²) >= 11 is 0. The van der Waals surface area contributed by atoms with Gasteiger partial charge in [0.15, 0.2) is 0 Å². The number of hydrogen-bond acceptors (Lipinski definition) is 4. The quantitative estimate of drug-likeness (QED) is 0.674. The molecule has 94 valence electrons. The van der Waals surface area contributed by atoms with Crippen LogP contribution in [0.15, 0.2) is 0 Å². The van der Waals surface area contributed by atoms with E-state index in [1.54, 1.807) is 0 Å². The summed E-state index contributed by atoms with van der Waals surface area (Å²) in [5.41, 5.74) is 0. The molecule has 0 aromatic rings. The first kappa shape index (κ1) is 13.6. The van der Waals surface area contributed by atoms with Gasteiger partial charge in [0.25, 0.3) is 0 Å². The van der Waals surface area contributed by atoms with E-state index in [2.05, 4.69) is 11.8 Å². The minimum Gasteiger partial charge on any atom is -0.468 e. The van der Waals surface area contributed by atoms with Crippen LogP contribution in [0.4, 0.5) is 0 Å². The highest BCUT2D eigenvalue weighted by Crippen LogP contribution is 2.13. The lowest BCUT2D eigenvalue weighted by molar-refractivity contribution is -0.147. The molecule has 0 spiro atoms. The molecule has 1 aliphatic heterocycles. The van der Waals surface area contributed by atoms with Gasteiger partial charge in [0.2, 0.25) is 0 Å². The molecule has 0 N–H and O–H groups in total. The molecule has 5 heteroatoms. The molecule has 0 amide bonds. The fourth-order valence-electron chi connectivity index (χ4n) is 1.95. The average Bonchev–Trinajstić information content (AvgIpc) is 2.31. The van der Waals surface area contributed by atoms with Crippen molar-refractivity contribution in [2.75, 3.05) is 31.7 Å². The first-order valence-electron chi connectivity index (χ1n) is 5.86. The number of nitrogens with zero attached hydrogens (tertiary/aromatic N) is 1. The van der Waals surface area contributed by atoms with Gasteiger partial charge in [0.05, 0.1) is 7.11 Å². The lowest BCUT2D eigenvalue weighted by Crippen LogP contribution is -2.48. The van der Waals surface area contributed by atoms with Crippen molar-refractivity contribution < 1.29 is 13.7 Å². The van der Waals surface area contributed by atoms with Gasteiger partial charge in [0.1, 0.15) is 6.04 Å². The zero-order chi connectivity index (χ0) is 12.0. The van der Waals surface area contributed by atoms with Crippen LogP contribution < -0.4 is 0 Å². The third-order valence-corrected chi connectivity index (χ3v) is 4.23. The third kappa shape index (κ3) is 3.87. The van der Waals surface area contributed by atoms with E-state index < -0.39 is 10.8 Å². The summed E-state index contributed by atoms with van der Waals surface area (Å²) in [7, 11) is 0.742. The maximum atomic E-state index is 11.7. The molecule has 16 heavy (non-hydrogen) atoms. The number of esters is 1. The number of carbonyl (C=O) groups is 1. The van der Waals surface area contributed by atoms with Gasteiger partial charge in [-0.25, -0.2) is 0 Å². The summed E-state index contributed by atoms with van der Waals surface area (Å²) in [5.74, 6) is 1.21. The molecule has 1 rings (SSSR count). The molecule has 0 radical (unpaired) electrons. The normalized spacial score (nSPS) is 20.6. The van der Waals surface area contributed by atoms with Crippen molar-refractivity contribution in [1.82, 2.24) is 4.90 Å². The summed E-state index contributed by atoms with van der Waals surface area (Å²) in [6.45, 7) is 3.60. The van der Waals surface area contributed by atoms with Gasteiger partial charge in [-0.05, 0) is 6.42 Å². The maximum absolute atomic E-state index is 11.7. The van der Waals surface area contributed by atoms with Crippen molar-refractivity contribution in [2.45, 2.75) is 32.2 Å². The second kappa shape index (κ2) is 7.01. The Hall–Kier alpha value is -0.420. The number of carbonyl (C=O) groups excluding carboxylic acids is 1. The van der Waals surface area contributed by atoms with Crippen LogP contribution in [0, 0.1) is 0 Å². The molecule has 1 fully saturated rings. The average molecular weight is 247 g/mol. The molecule has 1 aliphatic rings. The van der Waals surface area contributed by atoms with Crippen LogP contribution in [0.25, 0.3) is 0 Å². The Morgan fingerprint density at radius 3 is 2.56 bits per heavy atom. The number of ether oxygens (including phenoxy) is 1. The smallest absolute Gasteiger partial charge is 0.323 e. The molecule has 1 atom stereocenters. The van der Waals surface area contributed by atoms with Crippen molar-refractivity contribution in [3.8, 4) is 0 Å². The highest BCUT2D eigenvalue weighted by atomic mass is 32.2. The highest BCUT2D eigenvalue weighted by molar-refractivity contribution is 7.85. The maximum Gasteiger partial charge on any atom is 0.323 e. The zero-order valence-corrected chi connectivity index (χ0v) is 10.9. The Kier molecular flexibility index (Phi) is 5.98. The molecule has 1 heterocycles. The lowest BCUT2D eigenvalue weighted by atomic mass is 10.1. The molecule has 0 aliphatic carbocycles. The summed E-state index contributed by atoms with van der Waals surface area (Å²) < 4.78 is 16.1. The van der Waals surface area contributed by atoms with E-state index in [0.29, 0.717) is 11.5 Å². The lowest BCUT2D eigenvalue weighted by Gasteiger charge is -2.32. The van der Waals surface area contributed by atoms with Crippen molar-refractivity contribution in [3.05, 3.63) is 0 Å². The summed E-state index contributed by atoms with van der Waals surface area (Å²) in [5, 5.41) is 0. The van der Waals surface area contributed by atoms with Crippen molar-refractivity contribution in [2.24, 2.45) is 0 Å². The molecular weight excluding hydrogens is 226 g/mol. The number of hydrogen-bond donors (Lipinski definition) is 0. The Morgan fingerprint density at radius 2 is 2.06 bits per heavy atom. The first-order valence-corrected chi connectivity index (χ1v) is 7.34. The second-order valence-electron chi connectivity index (χ2n) is 4.07. The van der Waals surface area contributed by atoms with E-state index in [1.807, 2.05) is 0 Å². The van der Waals surface area contributed by atoms with E-state index in [4.69, 9.17) is 4.74 Å². The summed E-state index contributed by atoms with van der Waals surface area (Å²) in [6, 6.07) is -0.137. The van der Waals surface area contributed by atoms with Gasteiger partial charge in [-0.3, -0.25) is 13.9 Å². The fraction of sp³-hybridized carbons (Fsp3) is 0.909. The Bertz CT molecular complexity index is 248. The Labute approximate surface area is 99.8 Å². The molecule has 0 aromatic carbocycles. The second-order valence-corrected chi connectivity index (χ2v) is 5.76. The molecular formula is C11H21NO3S. The minimum atomic E-state index is -0.692. The van der Waals surface area contributed by atoms with Crippen LogP contribution in [0.5, 0.6) is 0 Å². The molecule has 1 saturated heterocycles. The van der Waals surface area contributed by atoms with E-state index in [1.165, 1.54) is 7.11 Å². The Balaban J connectivity index is 2.53. The summed E-state index contributed by atoms with van der Waals surface area (Å²) in [6.07, 6.45) is 2.95.